The average molecular weight is 949 g/mol. The molecule has 11 heteroatoms. The summed E-state index contributed by atoms with van der Waals surface area (Å²) in [6.07, 6.45) is 3.16. The monoisotopic (exact) mass is 947 g/mol. The van der Waals surface area contributed by atoms with E-state index < -0.39 is 44.7 Å². The topological polar surface area (TPSA) is 132 Å². The minimum absolute atomic E-state index is 0.0789. The van der Waals surface area contributed by atoms with Crippen LogP contribution in [-0.2, 0) is 14.0 Å². The Morgan fingerprint density at radius 1 is 0.846 bits per heavy atom. The number of pyridine rings is 1. The molecule has 0 saturated carbocycles. The molecule has 2 amide bonds. The van der Waals surface area contributed by atoms with Crippen LogP contribution in [0.4, 0.5) is 17.1 Å². The second-order valence-electron chi connectivity index (χ2n) is 17.8. The number of carbonyl (C=O) groups is 2. The van der Waals surface area contributed by atoms with Crippen LogP contribution in [0.1, 0.15) is 51.3 Å². The predicted molar refractivity (Wildman–Crippen MR) is 265 cm³/mol. The van der Waals surface area contributed by atoms with Gasteiger partial charge in [-0.05, 0) is 124 Å². The average Bonchev–Trinajstić information content (AvgIpc) is 3.57. The number of imide groups is 1. The molecule has 2 heterocycles. The van der Waals surface area contributed by atoms with Crippen LogP contribution in [0.5, 0.6) is 5.75 Å². The summed E-state index contributed by atoms with van der Waals surface area (Å²) in [4.78, 5) is 35.3. The number of aliphatic hydroxyl groups is 2. The number of hydrogen-bond donors (Lipinski definition) is 4. The normalized spacial score (nSPS) is 18.5. The maximum atomic E-state index is 14.7. The van der Waals surface area contributed by atoms with Crippen molar-refractivity contribution in [3.05, 3.63) is 185 Å². The number of benzene rings is 5. The number of aliphatic hydroxyl groups excluding tert-OH is 2. The number of carbonyl (C=O) groups excluding carboxylic acids is 2. The third kappa shape index (κ3) is 9.43. The highest BCUT2D eigenvalue weighted by Gasteiger charge is 2.56. The van der Waals surface area contributed by atoms with Gasteiger partial charge < -0.3 is 25.1 Å². The quantitative estimate of drug-likeness (QED) is 0.0455. The number of rotatable bonds is 15. The van der Waals surface area contributed by atoms with Crippen molar-refractivity contribution < 1.29 is 29.3 Å². The predicted octanol–water partition coefficient (Wildman–Crippen LogP) is 9.67. The smallest absolute Gasteiger partial charge is 0.261 e. The Balaban J connectivity index is 1.18. The minimum atomic E-state index is -3.12. The Kier molecular flexibility index (Phi) is 13.8. The van der Waals surface area contributed by atoms with Crippen molar-refractivity contribution in [3.8, 4) is 5.75 Å². The molecule has 0 unspecified atom stereocenters. The Labute approximate surface area is 390 Å². The van der Waals surface area contributed by atoms with Crippen LogP contribution in [0.25, 0.3) is 11.6 Å². The molecule has 0 bridgehead atoms. The molecule has 1 aliphatic carbocycles. The van der Waals surface area contributed by atoms with E-state index in [0.717, 1.165) is 31.8 Å². The second kappa shape index (κ2) is 19.7. The van der Waals surface area contributed by atoms with Gasteiger partial charge in [0.15, 0.2) is 0 Å². The van der Waals surface area contributed by atoms with Crippen molar-refractivity contribution in [2.75, 3.05) is 23.4 Å². The lowest BCUT2D eigenvalue weighted by Crippen LogP contribution is -2.66. The number of aromatic hydroxyl groups is 1. The number of phenols is 1. The van der Waals surface area contributed by atoms with Crippen LogP contribution in [-0.4, -0.2) is 59.8 Å². The molecular weight excluding hydrogens is 895 g/mol. The molecule has 6 aromatic rings. The number of anilines is 3. The third-order valence-electron chi connectivity index (χ3n) is 12.8. The van der Waals surface area contributed by atoms with Crippen molar-refractivity contribution in [2.45, 2.75) is 51.2 Å². The molecule has 0 radical (unpaired) electrons. The van der Waals surface area contributed by atoms with E-state index in [1.54, 1.807) is 30.5 Å². The van der Waals surface area contributed by atoms with E-state index >= 15 is 0 Å². The molecule has 1 saturated heterocycles. The van der Waals surface area contributed by atoms with Gasteiger partial charge in [-0.2, -0.15) is 0 Å². The van der Waals surface area contributed by atoms with Gasteiger partial charge in [0.05, 0.1) is 42.5 Å². The minimum Gasteiger partial charge on any atom is -0.507 e. The third-order valence-corrected chi connectivity index (χ3v) is 18.3. The molecule has 1 fully saturated rings. The molecule has 5 aromatic carbocycles. The van der Waals surface area contributed by atoms with E-state index in [2.05, 4.69) is 71.3 Å². The Morgan fingerprint density at radius 2 is 1.46 bits per heavy atom. The summed E-state index contributed by atoms with van der Waals surface area (Å²) in [5.41, 5.74) is 5.44. The van der Waals surface area contributed by atoms with E-state index in [1.165, 1.54) is 4.90 Å². The van der Waals surface area contributed by atoms with Crippen molar-refractivity contribution in [1.82, 2.24) is 4.98 Å². The van der Waals surface area contributed by atoms with Gasteiger partial charge >= 0.3 is 0 Å². The van der Waals surface area contributed by atoms with Crippen LogP contribution < -0.4 is 20.6 Å². The number of phenolic OH excluding ortho intramolecular Hbond substituents is 1. The van der Waals surface area contributed by atoms with Gasteiger partial charge in [0.1, 0.15) is 5.75 Å². The summed E-state index contributed by atoms with van der Waals surface area (Å²) in [6.45, 7) is 6.21. The fourth-order valence-electron chi connectivity index (χ4n) is 9.79. The SMILES string of the molecule is CC(C)(C)[Si](OCC1=C([C@H](O)CC/C(=C/c2cc(Br)ccc2O)c2ccccn2)[C@H](CO)[C@@H]2C(=O)N(c3ccc(Nc4ccccc4)cc3)C(=O)[C@@H]2C1)(c1ccccc1)c1ccccc1. The molecule has 332 valence electrons. The molecule has 9 nitrogen and oxygen atoms in total. The first kappa shape index (κ1) is 45.6. The van der Waals surface area contributed by atoms with Crippen molar-refractivity contribution >= 4 is 75.1 Å². The summed E-state index contributed by atoms with van der Waals surface area (Å²) in [5.74, 6) is -3.19. The van der Waals surface area contributed by atoms with E-state index in [-0.39, 0.29) is 36.1 Å². The number of hydrogen-bond acceptors (Lipinski definition) is 8. The Morgan fingerprint density at radius 3 is 2.06 bits per heavy atom. The lowest BCUT2D eigenvalue weighted by molar-refractivity contribution is -0.123. The first-order valence-electron chi connectivity index (χ1n) is 22.1. The van der Waals surface area contributed by atoms with Crippen molar-refractivity contribution in [3.63, 3.8) is 0 Å². The van der Waals surface area contributed by atoms with E-state index in [4.69, 9.17) is 4.43 Å². The van der Waals surface area contributed by atoms with E-state index in [0.29, 0.717) is 34.5 Å². The first-order chi connectivity index (χ1) is 31.4. The molecule has 0 spiro atoms. The number of halogens is 1. The number of para-hydroxylation sites is 1. The largest absolute Gasteiger partial charge is 0.507 e. The van der Waals surface area contributed by atoms with Gasteiger partial charge in [0, 0.05) is 33.5 Å². The van der Waals surface area contributed by atoms with Crippen LogP contribution in [0.15, 0.2) is 173 Å². The molecule has 8 rings (SSSR count). The van der Waals surface area contributed by atoms with Crippen LogP contribution in [0.2, 0.25) is 5.04 Å². The van der Waals surface area contributed by atoms with Gasteiger partial charge in [0.2, 0.25) is 11.8 Å². The molecule has 2 aliphatic rings. The summed E-state index contributed by atoms with van der Waals surface area (Å²) < 4.78 is 8.28. The summed E-state index contributed by atoms with van der Waals surface area (Å²) in [5, 5.41) is 40.0. The lowest BCUT2D eigenvalue weighted by Gasteiger charge is -2.44. The van der Waals surface area contributed by atoms with Crippen molar-refractivity contribution in [2.24, 2.45) is 17.8 Å². The maximum Gasteiger partial charge on any atom is 0.261 e. The van der Waals surface area contributed by atoms with Gasteiger partial charge in [0.25, 0.3) is 8.32 Å². The summed E-state index contributed by atoms with van der Waals surface area (Å²) in [6, 6.07) is 48.3. The zero-order chi connectivity index (χ0) is 45.7. The molecule has 4 N–H and O–H groups in total. The Hall–Kier alpha value is -5.95. The highest BCUT2D eigenvalue weighted by molar-refractivity contribution is 9.10. The number of fused-ring (bicyclic) bond motifs is 1. The van der Waals surface area contributed by atoms with Gasteiger partial charge in [-0.25, -0.2) is 0 Å². The highest BCUT2D eigenvalue weighted by Crippen LogP contribution is 2.48. The fourth-order valence-corrected chi connectivity index (χ4v) is 14.7. The molecule has 1 aromatic heterocycles. The molecule has 65 heavy (non-hydrogen) atoms. The van der Waals surface area contributed by atoms with Crippen LogP contribution in [0.3, 0.4) is 0 Å². The second-order valence-corrected chi connectivity index (χ2v) is 23.0. The van der Waals surface area contributed by atoms with Gasteiger partial charge in [-0.3, -0.25) is 19.5 Å². The zero-order valence-corrected chi connectivity index (χ0v) is 39.4. The Bertz CT molecular complexity index is 2640. The number of nitrogens with zero attached hydrogens (tertiary/aromatic N) is 2. The van der Waals surface area contributed by atoms with Gasteiger partial charge in [-0.1, -0.05) is 122 Å². The van der Waals surface area contributed by atoms with Crippen LogP contribution >= 0.6 is 15.9 Å². The summed E-state index contributed by atoms with van der Waals surface area (Å²) in [7, 11) is -3.12. The molecule has 1 aliphatic heterocycles. The number of nitrogens with one attached hydrogen (secondary N) is 1. The van der Waals surface area contributed by atoms with E-state index in [9.17, 15) is 24.9 Å². The maximum absolute atomic E-state index is 14.7. The molecule has 4 atom stereocenters. The number of aromatic nitrogens is 1. The standard InChI is InChI=1S/C54H54BrN3O6Si/c1-54(2,3)65(43-17-9-5-10-18-43,44-19-11-6-12-20-44)64-35-38-33-45-51(53(63)58(52(45)62)42-26-24-41(25-27-42)57-40-15-7-4-8-16-40)46(34-59)50(38)49(61)28-22-36(47-21-13-14-30-56-47)31-37-32-39(55)23-29-48(37)60/h4-21,23-27,29-32,45-46,49,51,57,59-61H,22,28,33-35H2,1-3H3/b36-31-/t45-,46+,49-,51-/m1/s1. The van der Waals surface area contributed by atoms with Gasteiger partial charge in [-0.15, -0.1) is 0 Å². The van der Waals surface area contributed by atoms with Crippen LogP contribution in [0, 0.1) is 17.8 Å². The number of amides is 2. The zero-order valence-electron chi connectivity index (χ0n) is 36.8. The summed E-state index contributed by atoms with van der Waals surface area (Å²) >= 11 is 3.52. The first-order valence-corrected chi connectivity index (χ1v) is 24.8. The fraction of sp³-hybridized carbons (Fsp3) is 0.241. The van der Waals surface area contributed by atoms with Crippen molar-refractivity contribution in [1.29, 1.82) is 0 Å². The lowest BCUT2D eigenvalue weighted by atomic mass is 9.68. The highest BCUT2D eigenvalue weighted by atomic mass is 79.9. The number of allylic oxidation sites excluding steroid dienone is 1. The van der Waals surface area contributed by atoms with E-state index in [1.807, 2.05) is 109 Å². The molecular formula is C54H54BrN3O6Si.